The minimum Gasteiger partial charge on any atom is -0.383 e. The molecule has 0 bridgehead atoms. The monoisotopic (exact) mass is 406 g/mol. The van der Waals surface area contributed by atoms with E-state index < -0.39 is 22.7 Å². The highest BCUT2D eigenvalue weighted by Crippen LogP contribution is 2.35. The van der Waals surface area contributed by atoms with Crippen molar-refractivity contribution in [2.45, 2.75) is 53.1 Å². The van der Waals surface area contributed by atoms with Gasteiger partial charge in [-0.15, -0.1) is 0 Å². The molecule has 0 aromatic heterocycles. The Bertz CT molecular complexity index is 800. The van der Waals surface area contributed by atoms with Crippen LogP contribution in [0.3, 0.4) is 0 Å². The highest BCUT2D eigenvalue weighted by atomic mass is 19.1. The molecule has 2 N–H and O–H groups in total. The minimum absolute atomic E-state index is 0.00764. The van der Waals surface area contributed by atoms with Crippen LogP contribution in [-0.2, 0) is 15.2 Å². The Morgan fingerprint density at radius 1 is 1.28 bits per heavy atom. The summed E-state index contributed by atoms with van der Waals surface area (Å²) < 4.78 is 15.2. The molecule has 0 saturated carbocycles. The van der Waals surface area contributed by atoms with Crippen molar-refractivity contribution in [2.75, 3.05) is 19.6 Å². The molecule has 1 aliphatic heterocycles. The fourth-order valence-electron chi connectivity index (χ4n) is 3.44. The first-order valence-electron chi connectivity index (χ1n) is 9.98. The Balaban J connectivity index is 2.26. The van der Waals surface area contributed by atoms with Crippen LogP contribution in [-0.4, -0.2) is 47.2 Å². The van der Waals surface area contributed by atoms with Crippen molar-refractivity contribution in [3.63, 3.8) is 0 Å². The molecular formula is C22H31FN2O4. The van der Waals surface area contributed by atoms with Crippen molar-refractivity contribution in [1.82, 2.24) is 10.2 Å². The maximum atomic E-state index is 15.2. The zero-order chi connectivity index (χ0) is 22.0. The molecule has 1 aliphatic rings. The number of hydrogen-bond donors (Lipinski definition) is 2. The second-order valence-corrected chi connectivity index (χ2v) is 9.08. The normalized spacial score (nSPS) is 19.9. The zero-order valence-electron chi connectivity index (χ0n) is 17.8. The van der Waals surface area contributed by atoms with Crippen molar-refractivity contribution < 1.29 is 23.9 Å². The van der Waals surface area contributed by atoms with Gasteiger partial charge in [0.1, 0.15) is 11.4 Å². The van der Waals surface area contributed by atoms with Crippen molar-refractivity contribution in [1.29, 1.82) is 0 Å². The van der Waals surface area contributed by atoms with Crippen LogP contribution in [0.1, 0.15) is 63.4 Å². The first kappa shape index (κ1) is 23.0. The molecular weight excluding hydrogens is 375 g/mol. The molecule has 0 aliphatic carbocycles. The molecule has 1 atom stereocenters. The van der Waals surface area contributed by atoms with Gasteiger partial charge in [0.15, 0.2) is 5.78 Å². The summed E-state index contributed by atoms with van der Waals surface area (Å²) in [6, 6.07) is 4.26. The highest BCUT2D eigenvalue weighted by molar-refractivity contribution is 5.97. The van der Waals surface area contributed by atoms with Crippen LogP contribution in [0.25, 0.3) is 0 Å². The predicted molar refractivity (Wildman–Crippen MR) is 108 cm³/mol. The number of β-amino-alcohol motifs (C(OH)–C–C–N with tert-alkyl or cyclic N) is 1. The molecule has 29 heavy (non-hydrogen) atoms. The van der Waals surface area contributed by atoms with Gasteiger partial charge in [-0.25, -0.2) is 4.39 Å². The lowest BCUT2D eigenvalue weighted by atomic mass is 9.83. The number of carbonyl (C=O) groups is 3. The number of nitrogens with zero attached hydrogens (tertiary/aromatic N) is 1. The molecule has 1 aromatic carbocycles. The Labute approximate surface area is 171 Å². The molecule has 1 unspecified atom stereocenters. The fourth-order valence-corrected chi connectivity index (χ4v) is 3.44. The van der Waals surface area contributed by atoms with Crippen LogP contribution in [0.5, 0.6) is 0 Å². The SMILES string of the molecule is CC(C)C(=O)CNC(=O)c1cccc(C2(O)CCCN(C(=O)C(C)(C)C)C2)c1F. The molecule has 0 radical (unpaired) electrons. The quantitative estimate of drug-likeness (QED) is 0.787. The second-order valence-electron chi connectivity index (χ2n) is 9.08. The van der Waals surface area contributed by atoms with Crippen LogP contribution >= 0.6 is 0 Å². The predicted octanol–water partition coefficient (Wildman–Crippen LogP) is 2.64. The van der Waals surface area contributed by atoms with Gasteiger partial charge in [-0.2, -0.15) is 0 Å². The van der Waals surface area contributed by atoms with E-state index in [-0.39, 0.29) is 48.2 Å². The van der Waals surface area contributed by atoms with Crippen LogP contribution < -0.4 is 5.32 Å². The Morgan fingerprint density at radius 2 is 1.93 bits per heavy atom. The second kappa shape index (κ2) is 8.61. The first-order chi connectivity index (χ1) is 13.4. The zero-order valence-corrected chi connectivity index (χ0v) is 17.8. The van der Waals surface area contributed by atoms with E-state index in [1.807, 2.05) is 0 Å². The molecule has 7 heteroatoms. The van der Waals surface area contributed by atoms with E-state index in [4.69, 9.17) is 0 Å². The first-order valence-corrected chi connectivity index (χ1v) is 9.98. The molecule has 1 fully saturated rings. The Morgan fingerprint density at radius 3 is 2.52 bits per heavy atom. The van der Waals surface area contributed by atoms with Crippen LogP contribution in [0.4, 0.5) is 4.39 Å². The third kappa shape index (κ3) is 5.21. The number of Topliss-reactive ketones (excluding diaryl/α,β-unsaturated/α-hetero) is 1. The summed E-state index contributed by atoms with van der Waals surface area (Å²) in [6.45, 7) is 9.12. The number of amides is 2. The number of nitrogens with one attached hydrogen (secondary N) is 1. The summed E-state index contributed by atoms with van der Waals surface area (Å²) in [5.41, 5.74) is -2.42. The summed E-state index contributed by atoms with van der Waals surface area (Å²) in [5, 5.41) is 13.6. The topological polar surface area (TPSA) is 86.7 Å². The van der Waals surface area contributed by atoms with E-state index in [1.54, 1.807) is 39.5 Å². The van der Waals surface area contributed by atoms with Crippen molar-refractivity contribution in [3.05, 3.63) is 35.1 Å². The number of carbonyl (C=O) groups excluding carboxylic acids is 3. The standard InChI is InChI=1S/C22H31FN2O4/c1-14(2)17(26)12-24-19(27)15-8-6-9-16(18(15)23)22(29)10-7-11-25(13-22)20(28)21(3,4)5/h6,8-9,14,29H,7,10-13H2,1-5H3,(H,24,27). The van der Waals surface area contributed by atoms with Gasteiger partial charge < -0.3 is 15.3 Å². The van der Waals surface area contributed by atoms with E-state index in [0.717, 1.165) is 0 Å². The van der Waals surface area contributed by atoms with Gasteiger partial charge in [0, 0.05) is 23.4 Å². The van der Waals surface area contributed by atoms with Crippen molar-refractivity contribution in [3.8, 4) is 0 Å². The van der Waals surface area contributed by atoms with E-state index in [0.29, 0.717) is 13.0 Å². The lowest BCUT2D eigenvalue weighted by Crippen LogP contribution is -2.51. The molecule has 1 saturated heterocycles. The van der Waals surface area contributed by atoms with Gasteiger partial charge in [0.2, 0.25) is 5.91 Å². The molecule has 0 spiro atoms. The van der Waals surface area contributed by atoms with Crippen LogP contribution in [0.2, 0.25) is 0 Å². The highest BCUT2D eigenvalue weighted by Gasteiger charge is 2.41. The number of halogens is 1. The summed E-state index contributed by atoms with van der Waals surface area (Å²) in [6.07, 6.45) is 0.811. The van der Waals surface area contributed by atoms with Gasteiger partial charge >= 0.3 is 0 Å². The van der Waals surface area contributed by atoms with Gasteiger partial charge in [-0.05, 0) is 18.9 Å². The largest absolute Gasteiger partial charge is 0.383 e. The number of likely N-dealkylation sites (tertiary alicyclic amines) is 1. The number of hydrogen-bond acceptors (Lipinski definition) is 4. The van der Waals surface area contributed by atoms with E-state index in [9.17, 15) is 19.5 Å². The maximum absolute atomic E-state index is 15.2. The van der Waals surface area contributed by atoms with Crippen LogP contribution in [0, 0.1) is 17.2 Å². The van der Waals surface area contributed by atoms with Crippen LogP contribution in [0.15, 0.2) is 18.2 Å². The third-order valence-corrected chi connectivity index (χ3v) is 5.21. The smallest absolute Gasteiger partial charge is 0.254 e. The summed E-state index contributed by atoms with van der Waals surface area (Å²) in [5.74, 6) is -2.04. The van der Waals surface area contributed by atoms with E-state index in [2.05, 4.69) is 5.32 Å². The summed E-state index contributed by atoms with van der Waals surface area (Å²) in [7, 11) is 0. The molecule has 2 rings (SSSR count). The molecule has 1 aromatic rings. The van der Waals surface area contributed by atoms with Gasteiger partial charge in [-0.3, -0.25) is 14.4 Å². The fraction of sp³-hybridized carbons (Fsp3) is 0.591. The number of aliphatic hydroxyl groups is 1. The lowest BCUT2D eigenvalue weighted by molar-refractivity contribution is -0.147. The van der Waals surface area contributed by atoms with E-state index in [1.165, 1.54) is 18.2 Å². The average molecular weight is 406 g/mol. The third-order valence-electron chi connectivity index (χ3n) is 5.21. The Hall–Kier alpha value is -2.28. The van der Waals surface area contributed by atoms with Gasteiger partial charge in [0.05, 0.1) is 18.7 Å². The molecule has 1 heterocycles. The Kier molecular flexibility index (Phi) is 6.83. The van der Waals surface area contributed by atoms with E-state index >= 15 is 4.39 Å². The number of benzene rings is 1. The lowest BCUT2D eigenvalue weighted by Gasteiger charge is -2.41. The summed E-state index contributed by atoms with van der Waals surface area (Å²) in [4.78, 5) is 38.3. The molecule has 2 amide bonds. The molecule has 160 valence electrons. The minimum atomic E-state index is -1.58. The van der Waals surface area contributed by atoms with Crippen molar-refractivity contribution in [2.24, 2.45) is 11.3 Å². The maximum Gasteiger partial charge on any atom is 0.254 e. The number of ketones is 1. The summed E-state index contributed by atoms with van der Waals surface area (Å²) >= 11 is 0. The number of piperidine rings is 1. The van der Waals surface area contributed by atoms with Gasteiger partial charge in [-0.1, -0.05) is 46.8 Å². The number of rotatable bonds is 5. The molecule has 6 nitrogen and oxygen atoms in total. The average Bonchev–Trinajstić information content (AvgIpc) is 2.64. The van der Waals surface area contributed by atoms with Crippen molar-refractivity contribution >= 4 is 17.6 Å². The van der Waals surface area contributed by atoms with Gasteiger partial charge in [0.25, 0.3) is 5.91 Å².